The highest BCUT2D eigenvalue weighted by Gasteiger charge is 2.21. The summed E-state index contributed by atoms with van der Waals surface area (Å²) in [6.07, 6.45) is 3.22. The minimum atomic E-state index is -0.316. The van der Waals surface area contributed by atoms with E-state index in [2.05, 4.69) is 12.2 Å². The van der Waals surface area contributed by atoms with Crippen LogP contribution in [0.25, 0.3) is 0 Å². The first-order valence-electron chi connectivity index (χ1n) is 9.22. The minimum Gasteiger partial charge on any atom is -0.497 e. The normalized spacial score (nSPS) is 10.4. The van der Waals surface area contributed by atoms with Crippen LogP contribution in [0.15, 0.2) is 36.4 Å². The fraction of sp³-hybridized carbons (Fsp3) is 0.364. The molecule has 0 radical (unpaired) electrons. The van der Waals surface area contributed by atoms with E-state index in [-0.39, 0.29) is 23.9 Å². The lowest BCUT2D eigenvalue weighted by atomic mass is 10.0. The van der Waals surface area contributed by atoms with Gasteiger partial charge in [-0.2, -0.15) is 0 Å². The number of carbonyl (C=O) groups is 2. The molecule has 6 heteroatoms. The molecule has 0 spiro atoms. The van der Waals surface area contributed by atoms with E-state index < -0.39 is 0 Å². The van der Waals surface area contributed by atoms with E-state index in [4.69, 9.17) is 14.2 Å². The molecule has 1 N–H and O–H groups in total. The summed E-state index contributed by atoms with van der Waals surface area (Å²) >= 11 is 0. The summed E-state index contributed by atoms with van der Waals surface area (Å²) in [5.41, 5.74) is 2.26. The Labute approximate surface area is 165 Å². The molecule has 0 aromatic heterocycles. The van der Waals surface area contributed by atoms with Crippen LogP contribution in [0.4, 0.5) is 5.69 Å². The summed E-state index contributed by atoms with van der Waals surface area (Å²) in [5.74, 6) is 0.165. The number of hydrogen-bond acceptors (Lipinski definition) is 5. The number of carbonyl (C=O) groups excluding carboxylic acids is 2. The molecule has 0 saturated heterocycles. The average Bonchev–Trinajstić information content (AvgIpc) is 2.71. The summed E-state index contributed by atoms with van der Waals surface area (Å²) in [5, 5.41) is 2.80. The Balaban J connectivity index is 2.32. The lowest BCUT2D eigenvalue weighted by Crippen LogP contribution is -2.17. The number of benzene rings is 2. The van der Waals surface area contributed by atoms with Gasteiger partial charge in [-0.3, -0.25) is 9.59 Å². The summed E-state index contributed by atoms with van der Waals surface area (Å²) < 4.78 is 15.5. The molecule has 0 aliphatic carbocycles. The molecule has 0 saturated carbocycles. The maximum Gasteiger partial charge on any atom is 0.255 e. The van der Waals surface area contributed by atoms with Gasteiger partial charge < -0.3 is 19.5 Å². The largest absolute Gasteiger partial charge is 0.497 e. The topological polar surface area (TPSA) is 73.9 Å². The fourth-order valence-electron chi connectivity index (χ4n) is 2.86. The third kappa shape index (κ3) is 5.33. The van der Waals surface area contributed by atoms with Gasteiger partial charge >= 0.3 is 0 Å². The van der Waals surface area contributed by atoms with Crippen LogP contribution in [0.3, 0.4) is 0 Å². The summed E-state index contributed by atoms with van der Waals surface area (Å²) in [6, 6.07) is 10.7. The Morgan fingerprint density at radius 3 is 2.29 bits per heavy atom. The molecule has 1 amide bonds. The van der Waals surface area contributed by atoms with E-state index in [0.29, 0.717) is 22.7 Å². The van der Waals surface area contributed by atoms with Gasteiger partial charge in [0.2, 0.25) is 0 Å². The molecular weight excluding hydrogens is 358 g/mol. The number of aryl methyl sites for hydroxylation is 1. The average molecular weight is 385 g/mol. The van der Waals surface area contributed by atoms with Crippen molar-refractivity contribution >= 4 is 17.4 Å². The quantitative estimate of drug-likeness (QED) is 0.623. The zero-order chi connectivity index (χ0) is 20.5. The molecule has 6 nitrogen and oxygen atoms in total. The monoisotopic (exact) mass is 385 g/mol. The van der Waals surface area contributed by atoms with Crippen LogP contribution in [-0.4, -0.2) is 39.6 Å². The van der Waals surface area contributed by atoms with E-state index in [9.17, 15) is 9.59 Å². The predicted molar refractivity (Wildman–Crippen MR) is 109 cm³/mol. The molecule has 0 fully saturated rings. The predicted octanol–water partition coefficient (Wildman–Crippen LogP) is 4.13. The van der Waals surface area contributed by atoms with Gasteiger partial charge in [-0.1, -0.05) is 25.5 Å². The van der Waals surface area contributed by atoms with Crippen LogP contribution in [0.5, 0.6) is 11.5 Å². The Morgan fingerprint density at radius 1 is 1.00 bits per heavy atom. The third-order valence-corrected chi connectivity index (χ3v) is 4.37. The van der Waals surface area contributed by atoms with Gasteiger partial charge in [0.1, 0.15) is 18.1 Å². The number of amides is 1. The van der Waals surface area contributed by atoms with Crippen molar-refractivity contribution in [2.24, 2.45) is 0 Å². The fourth-order valence-corrected chi connectivity index (χ4v) is 2.86. The molecule has 2 rings (SSSR count). The standard InChI is InChI=1S/C22H27NO5/c1-5-6-7-15-8-10-16(11-9-15)22(25)23-18-12-17(27-3)13-20(28-4)21(18)19(24)14-26-2/h8-13H,5-7,14H2,1-4H3,(H,23,25). The van der Waals surface area contributed by atoms with Gasteiger partial charge in [0, 0.05) is 24.8 Å². The van der Waals surface area contributed by atoms with Gasteiger partial charge in [0.25, 0.3) is 5.91 Å². The second kappa shape index (κ2) is 10.5. The van der Waals surface area contributed by atoms with Crippen LogP contribution in [0.1, 0.15) is 46.0 Å². The number of nitrogens with one attached hydrogen (secondary N) is 1. The van der Waals surface area contributed by atoms with Crippen LogP contribution >= 0.6 is 0 Å². The van der Waals surface area contributed by atoms with Crippen molar-refractivity contribution < 1.29 is 23.8 Å². The maximum atomic E-state index is 12.7. The van der Waals surface area contributed by atoms with E-state index in [0.717, 1.165) is 19.3 Å². The van der Waals surface area contributed by atoms with Crippen LogP contribution in [0, 0.1) is 0 Å². The van der Waals surface area contributed by atoms with E-state index in [1.165, 1.54) is 26.9 Å². The molecule has 0 heterocycles. The highest BCUT2D eigenvalue weighted by molar-refractivity contribution is 6.11. The molecule has 0 unspecified atom stereocenters. The third-order valence-electron chi connectivity index (χ3n) is 4.37. The molecule has 0 bridgehead atoms. The Morgan fingerprint density at radius 2 is 1.71 bits per heavy atom. The highest BCUT2D eigenvalue weighted by atomic mass is 16.5. The molecule has 28 heavy (non-hydrogen) atoms. The van der Waals surface area contributed by atoms with Crippen LogP contribution < -0.4 is 14.8 Å². The molecule has 0 aliphatic heterocycles. The SMILES string of the molecule is CCCCc1ccc(C(=O)Nc2cc(OC)cc(OC)c2C(=O)COC)cc1. The van der Waals surface area contributed by atoms with Crippen molar-refractivity contribution in [1.29, 1.82) is 0 Å². The van der Waals surface area contributed by atoms with E-state index in [1.54, 1.807) is 24.3 Å². The van der Waals surface area contributed by atoms with Gasteiger partial charge in [0.05, 0.1) is 25.5 Å². The number of unbranched alkanes of at least 4 members (excludes halogenated alkanes) is 1. The molecule has 0 atom stereocenters. The number of methoxy groups -OCH3 is 3. The first kappa shape index (κ1) is 21.4. The van der Waals surface area contributed by atoms with E-state index >= 15 is 0 Å². The number of anilines is 1. The number of ketones is 1. The van der Waals surface area contributed by atoms with Gasteiger partial charge in [0.15, 0.2) is 5.78 Å². The first-order chi connectivity index (χ1) is 13.5. The first-order valence-corrected chi connectivity index (χ1v) is 9.22. The smallest absolute Gasteiger partial charge is 0.255 e. The Kier molecular flexibility index (Phi) is 8.02. The minimum absolute atomic E-state index is 0.127. The number of ether oxygens (including phenoxy) is 3. The van der Waals surface area contributed by atoms with Gasteiger partial charge in [-0.25, -0.2) is 0 Å². The van der Waals surface area contributed by atoms with Crippen molar-refractivity contribution in [3.63, 3.8) is 0 Å². The summed E-state index contributed by atoms with van der Waals surface area (Å²) in [4.78, 5) is 25.2. The Hall–Kier alpha value is -2.86. The van der Waals surface area contributed by atoms with Crippen molar-refractivity contribution in [3.05, 3.63) is 53.1 Å². The number of rotatable bonds is 10. The van der Waals surface area contributed by atoms with Crippen molar-refractivity contribution in [2.45, 2.75) is 26.2 Å². The summed E-state index contributed by atoms with van der Waals surface area (Å²) in [6.45, 7) is 2.02. The lowest BCUT2D eigenvalue weighted by Gasteiger charge is -2.16. The Bertz CT molecular complexity index is 814. The van der Waals surface area contributed by atoms with Gasteiger partial charge in [-0.15, -0.1) is 0 Å². The molecule has 2 aromatic carbocycles. The van der Waals surface area contributed by atoms with Crippen molar-refractivity contribution in [1.82, 2.24) is 0 Å². The molecule has 150 valence electrons. The highest BCUT2D eigenvalue weighted by Crippen LogP contribution is 2.33. The molecule has 0 aliphatic rings. The zero-order valence-electron chi connectivity index (χ0n) is 16.8. The van der Waals surface area contributed by atoms with E-state index in [1.807, 2.05) is 12.1 Å². The maximum absolute atomic E-state index is 12.7. The zero-order valence-corrected chi connectivity index (χ0v) is 16.8. The summed E-state index contributed by atoms with van der Waals surface area (Å²) in [7, 11) is 4.40. The molecule has 2 aromatic rings. The van der Waals surface area contributed by atoms with Crippen LogP contribution in [-0.2, 0) is 11.2 Å². The van der Waals surface area contributed by atoms with Crippen molar-refractivity contribution in [3.8, 4) is 11.5 Å². The molecular formula is C22H27NO5. The van der Waals surface area contributed by atoms with Crippen molar-refractivity contribution in [2.75, 3.05) is 33.3 Å². The number of hydrogen-bond donors (Lipinski definition) is 1. The second-order valence-electron chi connectivity index (χ2n) is 6.36. The van der Waals surface area contributed by atoms with Gasteiger partial charge in [-0.05, 0) is 30.5 Å². The lowest BCUT2D eigenvalue weighted by molar-refractivity contribution is 0.0846. The second-order valence-corrected chi connectivity index (χ2v) is 6.36. The number of Topliss-reactive ketones (excluding diaryl/α,β-unsaturated/α-hetero) is 1. The van der Waals surface area contributed by atoms with Crippen LogP contribution in [0.2, 0.25) is 0 Å².